The Hall–Kier alpha value is -0.250. The first-order valence-electron chi connectivity index (χ1n) is 6.26. The third-order valence-corrected chi connectivity index (χ3v) is 4.65. The van der Waals surface area contributed by atoms with Crippen molar-refractivity contribution < 1.29 is 9.47 Å². The van der Waals surface area contributed by atoms with Gasteiger partial charge in [0.15, 0.2) is 0 Å². The Morgan fingerprint density at radius 1 is 1.22 bits per heavy atom. The lowest BCUT2D eigenvalue weighted by molar-refractivity contribution is 0.0155. The zero-order valence-corrected chi connectivity index (χ0v) is 12.7. The first-order chi connectivity index (χ1) is 8.74. The monoisotopic (exact) mass is 332 g/mol. The highest BCUT2D eigenvalue weighted by molar-refractivity contribution is 9.10. The maximum Gasteiger partial charge on any atom is 0.119 e. The van der Waals surface area contributed by atoms with Crippen LogP contribution < -0.4 is 4.74 Å². The molecule has 0 aromatic heterocycles. The summed E-state index contributed by atoms with van der Waals surface area (Å²) in [5.41, 5.74) is 0.204. The first kappa shape index (κ1) is 14.2. The number of benzene rings is 1. The lowest BCUT2D eigenvalue weighted by Gasteiger charge is -2.35. The van der Waals surface area contributed by atoms with Crippen molar-refractivity contribution in [1.29, 1.82) is 0 Å². The molecule has 1 aliphatic rings. The van der Waals surface area contributed by atoms with E-state index in [1.165, 1.54) is 0 Å². The van der Waals surface area contributed by atoms with E-state index in [4.69, 9.17) is 21.1 Å². The zero-order chi connectivity index (χ0) is 12.8. The van der Waals surface area contributed by atoms with E-state index in [2.05, 4.69) is 15.9 Å². The van der Waals surface area contributed by atoms with E-state index in [1.807, 2.05) is 24.3 Å². The van der Waals surface area contributed by atoms with Crippen molar-refractivity contribution in [1.82, 2.24) is 0 Å². The van der Waals surface area contributed by atoms with Crippen LogP contribution in [0.4, 0.5) is 0 Å². The van der Waals surface area contributed by atoms with Gasteiger partial charge in [-0.2, -0.15) is 0 Å². The van der Waals surface area contributed by atoms with E-state index in [9.17, 15) is 0 Å². The molecule has 0 saturated carbocycles. The van der Waals surface area contributed by atoms with Crippen molar-refractivity contribution in [3.05, 3.63) is 28.7 Å². The molecule has 0 amide bonds. The van der Waals surface area contributed by atoms with E-state index in [0.717, 1.165) is 42.7 Å². The predicted molar refractivity (Wildman–Crippen MR) is 77.5 cm³/mol. The van der Waals surface area contributed by atoms with Crippen LogP contribution in [0.15, 0.2) is 28.7 Å². The van der Waals surface area contributed by atoms with E-state index in [0.29, 0.717) is 12.5 Å². The number of ether oxygens (including phenoxy) is 2. The van der Waals surface area contributed by atoms with Gasteiger partial charge in [-0.1, -0.05) is 15.9 Å². The molecule has 1 heterocycles. The molecule has 1 aromatic rings. The van der Waals surface area contributed by atoms with Gasteiger partial charge >= 0.3 is 0 Å². The Balaban J connectivity index is 1.81. The first-order valence-corrected chi connectivity index (χ1v) is 7.59. The summed E-state index contributed by atoms with van der Waals surface area (Å²) in [6.45, 7) is 2.37. The second kappa shape index (κ2) is 6.78. The molecule has 4 heteroatoms. The van der Waals surface area contributed by atoms with Crippen LogP contribution in [-0.4, -0.2) is 25.7 Å². The van der Waals surface area contributed by atoms with Crippen LogP contribution in [0.1, 0.15) is 19.3 Å². The molecule has 0 aliphatic carbocycles. The maximum atomic E-state index is 6.12. The fourth-order valence-electron chi connectivity index (χ4n) is 2.17. The molecule has 1 fully saturated rings. The lowest BCUT2D eigenvalue weighted by Crippen LogP contribution is -2.32. The number of hydrogen-bond donors (Lipinski definition) is 0. The Labute approximate surface area is 122 Å². The smallest absolute Gasteiger partial charge is 0.119 e. The lowest BCUT2D eigenvalue weighted by atomic mass is 9.79. The second-order valence-electron chi connectivity index (χ2n) is 4.80. The third kappa shape index (κ3) is 3.87. The highest BCUT2D eigenvalue weighted by atomic mass is 79.9. The largest absolute Gasteiger partial charge is 0.494 e. The molecule has 0 unspecified atom stereocenters. The van der Waals surface area contributed by atoms with Crippen molar-refractivity contribution in [3.8, 4) is 5.75 Å². The maximum absolute atomic E-state index is 6.12. The summed E-state index contributed by atoms with van der Waals surface area (Å²) in [6, 6.07) is 7.92. The van der Waals surface area contributed by atoms with Crippen molar-refractivity contribution >= 4 is 27.5 Å². The van der Waals surface area contributed by atoms with Crippen LogP contribution in [0.2, 0.25) is 0 Å². The molecule has 100 valence electrons. The molecule has 0 N–H and O–H groups in total. The molecule has 0 radical (unpaired) electrons. The summed E-state index contributed by atoms with van der Waals surface area (Å²) >= 11 is 9.53. The molecule has 0 bridgehead atoms. The fourth-order valence-corrected chi connectivity index (χ4v) is 2.84. The van der Waals surface area contributed by atoms with Crippen molar-refractivity contribution in [2.75, 3.05) is 25.7 Å². The average Bonchev–Trinajstić information content (AvgIpc) is 2.42. The van der Waals surface area contributed by atoms with Gasteiger partial charge < -0.3 is 9.47 Å². The van der Waals surface area contributed by atoms with Gasteiger partial charge in [0.25, 0.3) is 0 Å². The van der Waals surface area contributed by atoms with Crippen molar-refractivity contribution in [2.24, 2.45) is 5.41 Å². The molecule has 0 atom stereocenters. The summed E-state index contributed by atoms with van der Waals surface area (Å²) in [7, 11) is 0. The van der Waals surface area contributed by atoms with E-state index in [-0.39, 0.29) is 5.41 Å². The molecular weight excluding hydrogens is 316 g/mol. The summed E-state index contributed by atoms with van der Waals surface area (Å²) in [5.74, 6) is 1.61. The molecule has 2 rings (SSSR count). The minimum atomic E-state index is 0.204. The summed E-state index contributed by atoms with van der Waals surface area (Å²) in [5, 5.41) is 0. The van der Waals surface area contributed by atoms with Gasteiger partial charge in [-0.3, -0.25) is 0 Å². The van der Waals surface area contributed by atoms with Gasteiger partial charge in [0.2, 0.25) is 0 Å². The van der Waals surface area contributed by atoms with Gasteiger partial charge in [-0.05, 0) is 48.9 Å². The van der Waals surface area contributed by atoms with Gasteiger partial charge in [-0.25, -0.2) is 0 Å². The highest BCUT2D eigenvalue weighted by Crippen LogP contribution is 2.35. The number of alkyl halides is 1. The Morgan fingerprint density at radius 3 is 2.50 bits per heavy atom. The standard InChI is InChI=1S/C14H18BrClO2/c15-12-1-3-13(4-2-12)18-10-7-14(11-16)5-8-17-9-6-14/h1-4H,5-11H2. The average molecular weight is 334 g/mol. The van der Waals surface area contributed by atoms with Crippen molar-refractivity contribution in [2.45, 2.75) is 19.3 Å². The number of halogens is 2. The molecule has 2 nitrogen and oxygen atoms in total. The Morgan fingerprint density at radius 2 is 1.89 bits per heavy atom. The number of rotatable bonds is 5. The van der Waals surface area contributed by atoms with Gasteiger partial charge in [0.1, 0.15) is 5.75 Å². The molecule has 18 heavy (non-hydrogen) atoms. The number of hydrogen-bond acceptors (Lipinski definition) is 2. The zero-order valence-electron chi connectivity index (χ0n) is 10.3. The fraction of sp³-hybridized carbons (Fsp3) is 0.571. The predicted octanol–water partition coefficient (Wildman–Crippen LogP) is 4.25. The van der Waals surface area contributed by atoms with Crippen LogP contribution in [0, 0.1) is 5.41 Å². The molecular formula is C14H18BrClO2. The minimum Gasteiger partial charge on any atom is -0.494 e. The quantitative estimate of drug-likeness (QED) is 0.750. The third-order valence-electron chi connectivity index (χ3n) is 3.55. The topological polar surface area (TPSA) is 18.5 Å². The van der Waals surface area contributed by atoms with Gasteiger partial charge in [-0.15, -0.1) is 11.6 Å². The Kier molecular flexibility index (Phi) is 5.34. The molecule has 0 spiro atoms. The molecule has 1 aliphatic heterocycles. The van der Waals surface area contributed by atoms with Crippen LogP contribution in [0.5, 0.6) is 5.75 Å². The second-order valence-corrected chi connectivity index (χ2v) is 5.98. The van der Waals surface area contributed by atoms with Gasteiger partial charge in [0.05, 0.1) is 6.61 Å². The van der Waals surface area contributed by atoms with Crippen molar-refractivity contribution in [3.63, 3.8) is 0 Å². The minimum absolute atomic E-state index is 0.204. The van der Waals surface area contributed by atoms with Crippen LogP contribution in [0.3, 0.4) is 0 Å². The normalized spacial score (nSPS) is 18.6. The highest BCUT2D eigenvalue weighted by Gasteiger charge is 2.31. The SMILES string of the molecule is ClCC1(CCOc2ccc(Br)cc2)CCOCC1. The molecule has 1 saturated heterocycles. The summed E-state index contributed by atoms with van der Waals surface area (Å²) in [6.07, 6.45) is 3.08. The van der Waals surface area contributed by atoms with Crippen LogP contribution in [0.25, 0.3) is 0 Å². The van der Waals surface area contributed by atoms with E-state index in [1.54, 1.807) is 0 Å². The van der Waals surface area contributed by atoms with Crippen LogP contribution >= 0.6 is 27.5 Å². The van der Waals surface area contributed by atoms with E-state index >= 15 is 0 Å². The van der Waals surface area contributed by atoms with E-state index < -0.39 is 0 Å². The molecule has 1 aromatic carbocycles. The van der Waals surface area contributed by atoms with Crippen LogP contribution in [-0.2, 0) is 4.74 Å². The summed E-state index contributed by atoms with van der Waals surface area (Å²) in [4.78, 5) is 0. The van der Waals surface area contributed by atoms with Gasteiger partial charge in [0, 0.05) is 23.6 Å². The Bertz CT molecular complexity index is 361. The summed E-state index contributed by atoms with van der Waals surface area (Å²) < 4.78 is 12.2.